The summed E-state index contributed by atoms with van der Waals surface area (Å²) >= 11 is 0. The summed E-state index contributed by atoms with van der Waals surface area (Å²) in [7, 11) is 1.60. The van der Waals surface area contributed by atoms with Gasteiger partial charge in [0.25, 0.3) is 0 Å². The number of hydrogen-bond acceptors (Lipinski definition) is 3. The van der Waals surface area contributed by atoms with E-state index < -0.39 is 11.0 Å². The molecule has 0 bridgehead atoms. The summed E-state index contributed by atoms with van der Waals surface area (Å²) in [6.45, 7) is 7.49. The normalized spacial score (nSPS) is 12.4. The van der Waals surface area contributed by atoms with E-state index in [-0.39, 0.29) is 5.78 Å². The standard InChI is InChI=1S/C14H21NO2/c1-13(2,14(3,4)15)12(16)10-6-8-11(17-5)9-7-10/h6-9H,15H2,1-5H3. The van der Waals surface area contributed by atoms with E-state index in [0.717, 1.165) is 5.75 Å². The van der Waals surface area contributed by atoms with Gasteiger partial charge in [0.1, 0.15) is 5.75 Å². The second-order valence-corrected chi connectivity index (χ2v) is 5.40. The van der Waals surface area contributed by atoms with Gasteiger partial charge in [-0.05, 0) is 38.1 Å². The Morgan fingerprint density at radius 2 is 1.59 bits per heavy atom. The smallest absolute Gasteiger partial charge is 0.170 e. The highest BCUT2D eigenvalue weighted by Gasteiger charge is 2.40. The Morgan fingerprint density at radius 3 is 1.94 bits per heavy atom. The van der Waals surface area contributed by atoms with Gasteiger partial charge in [0.05, 0.1) is 7.11 Å². The molecule has 0 saturated carbocycles. The minimum atomic E-state index is -0.610. The summed E-state index contributed by atoms with van der Waals surface area (Å²) < 4.78 is 5.07. The SMILES string of the molecule is COc1ccc(C(=O)C(C)(C)C(C)(C)N)cc1. The lowest BCUT2D eigenvalue weighted by Crippen LogP contribution is -2.51. The molecule has 2 N–H and O–H groups in total. The van der Waals surface area contributed by atoms with Gasteiger partial charge in [0.2, 0.25) is 0 Å². The molecule has 0 radical (unpaired) electrons. The number of hydrogen-bond donors (Lipinski definition) is 1. The molecule has 0 heterocycles. The van der Waals surface area contributed by atoms with Crippen molar-refractivity contribution >= 4 is 5.78 Å². The van der Waals surface area contributed by atoms with Gasteiger partial charge in [0, 0.05) is 16.5 Å². The molecule has 3 nitrogen and oxygen atoms in total. The zero-order valence-corrected chi connectivity index (χ0v) is 11.2. The molecule has 0 unspecified atom stereocenters. The van der Waals surface area contributed by atoms with Crippen LogP contribution < -0.4 is 10.5 Å². The Kier molecular flexibility index (Phi) is 3.62. The first kappa shape index (κ1) is 13.7. The number of methoxy groups -OCH3 is 1. The second-order valence-electron chi connectivity index (χ2n) is 5.40. The van der Waals surface area contributed by atoms with Crippen LogP contribution in [0.3, 0.4) is 0 Å². The molecule has 17 heavy (non-hydrogen) atoms. The highest BCUT2D eigenvalue weighted by Crippen LogP contribution is 2.32. The van der Waals surface area contributed by atoms with Gasteiger partial charge in [-0.2, -0.15) is 0 Å². The monoisotopic (exact) mass is 235 g/mol. The van der Waals surface area contributed by atoms with E-state index in [1.165, 1.54) is 0 Å². The summed E-state index contributed by atoms with van der Waals surface area (Å²) in [6, 6.07) is 7.11. The highest BCUT2D eigenvalue weighted by atomic mass is 16.5. The molecule has 3 heteroatoms. The van der Waals surface area contributed by atoms with Gasteiger partial charge in [-0.3, -0.25) is 4.79 Å². The lowest BCUT2D eigenvalue weighted by atomic mass is 9.70. The quantitative estimate of drug-likeness (QED) is 0.816. The lowest BCUT2D eigenvalue weighted by molar-refractivity contribution is 0.0735. The predicted molar refractivity (Wildman–Crippen MR) is 69.4 cm³/mol. The number of nitrogens with two attached hydrogens (primary N) is 1. The fraction of sp³-hybridized carbons (Fsp3) is 0.500. The van der Waals surface area contributed by atoms with Gasteiger partial charge < -0.3 is 10.5 Å². The van der Waals surface area contributed by atoms with Crippen molar-refractivity contribution < 1.29 is 9.53 Å². The van der Waals surface area contributed by atoms with Crippen LogP contribution in [0, 0.1) is 5.41 Å². The topological polar surface area (TPSA) is 52.3 Å². The van der Waals surface area contributed by atoms with E-state index in [4.69, 9.17) is 10.5 Å². The first-order valence-electron chi connectivity index (χ1n) is 5.68. The van der Waals surface area contributed by atoms with Gasteiger partial charge in [-0.25, -0.2) is 0 Å². The van der Waals surface area contributed by atoms with Crippen molar-refractivity contribution in [2.24, 2.45) is 11.1 Å². The van der Waals surface area contributed by atoms with E-state index in [1.54, 1.807) is 31.4 Å². The van der Waals surface area contributed by atoms with Crippen LogP contribution in [-0.4, -0.2) is 18.4 Å². The molecule has 0 aliphatic carbocycles. The first-order chi connectivity index (χ1) is 7.70. The van der Waals surface area contributed by atoms with Crippen LogP contribution in [0.4, 0.5) is 0 Å². The summed E-state index contributed by atoms with van der Waals surface area (Å²) in [6.07, 6.45) is 0. The maximum Gasteiger partial charge on any atom is 0.170 e. The first-order valence-corrected chi connectivity index (χ1v) is 5.68. The number of rotatable bonds is 4. The van der Waals surface area contributed by atoms with Crippen LogP contribution in [0.15, 0.2) is 24.3 Å². The molecule has 0 aliphatic rings. The molecule has 1 rings (SSSR count). The van der Waals surface area contributed by atoms with E-state index in [2.05, 4.69) is 0 Å². The molecular formula is C14H21NO2. The van der Waals surface area contributed by atoms with Crippen LogP contribution in [0.2, 0.25) is 0 Å². The zero-order chi connectivity index (χ0) is 13.3. The van der Waals surface area contributed by atoms with E-state index in [9.17, 15) is 4.79 Å². The molecule has 0 amide bonds. The molecule has 0 atom stereocenters. The molecule has 0 saturated heterocycles. The fourth-order valence-corrected chi connectivity index (χ4v) is 1.40. The van der Waals surface area contributed by atoms with Crippen molar-refractivity contribution in [1.82, 2.24) is 0 Å². The molecule has 0 spiro atoms. The summed E-state index contributed by atoms with van der Waals surface area (Å²) in [4.78, 5) is 12.4. The third-order valence-corrected chi connectivity index (χ3v) is 3.53. The Labute approximate surface area is 103 Å². The van der Waals surface area contributed by atoms with Crippen LogP contribution in [-0.2, 0) is 0 Å². The number of carbonyl (C=O) groups excluding carboxylic acids is 1. The number of ether oxygens (including phenoxy) is 1. The molecule has 0 aliphatic heterocycles. The van der Waals surface area contributed by atoms with Crippen molar-refractivity contribution in [2.45, 2.75) is 33.2 Å². The average molecular weight is 235 g/mol. The van der Waals surface area contributed by atoms with Crippen LogP contribution in [0.25, 0.3) is 0 Å². The van der Waals surface area contributed by atoms with Crippen molar-refractivity contribution in [1.29, 1.82) is 0 Å². The van der Waals surface area contributed by atoms with E-state index >= 15 is 0 Å². The van der Waals surface area contributed by atoms with Crippen molar-refractivity contribution in [3.8, 4) is 5.75 Å². The Bertz CT molecular complexity index is 399. The van der Waals surface area contributed by atoms with Gasteiger partial charge in [0.15, 0.2) is 5.78 Å². The van der Waals surface area contributed by atoms with E-state index in [1.807, 2.05) is 27.7 Å². The molecule has 0 fully saturated rings. The predicted octanol–water partition coefficient (Wildman–Crippen LogP) is 2.64. The minimum Gasteiger partial charge on any atom is -0.497 e. The van der Waals surface area contributed by atoms with Crippen LogP contribution in [0.1, 0.15) is 38.1 Å². The van der Waals surface area contributed by atoms with Gasteiger partial charge >= 0.3 is 0 Å². The highest BCUT2D eigenvalue weighted by molar-refractivity contribution is 6.01. The Morgan fingerprint density at radius 1 is 1.12 bits per heavy atom. The number of Topliss-reactive ketones (excluding diaryl/α,β-unsaturated/α-hetero) is 1. The molecular weight excluding hydrogens is 214 g/mol. The molecule has 0 aromatic heterocycles. The summed E-state index contributed by atoms with van der Waals surface area (Å²) in [5.41, 5.74) is 5.55. The summed E-state index contributed by atoms with van der Waals surface area (Å²) in [5.74, 6) is 0.791. The number of benzene rings is 1. The third kappa shape index (κ3) is 2.67. The largest absolute Gasteiger partial charge is 0.497 e. The molecule has 1 aromatic carbocycles. The number of ketones is 1. The summed E-state index contributed by atoms with van der Waals surface area (Å²) in [5, 5.41) is 0. The third-order valence-electron chi connectivity index (χ3n) is 3.53. The van der Waals surface area contributed by atoms with Crippen LogP contribution >= 0.6 is 0 Å². The fourth-order valence-electron chi connectivity index (χ4n) is 1.40. The van der Waals surface area contributed by atoms with Crippen molar-refractivity contribution in [3.63, 3.8) is 0 Å². The maximum atomic E-state index is 12.4. The second kappa shape index (κ2) is 4.49. The molecule has 1 aromatic rings. The van der Waals surface area contributed by atoms with Gasteiger partial charge in [-0.15, -0.1) is 0 Å². The Hall–Kier alpha value is -1.35. The van der Waals surface area contributed by atoms with E-state index in [0.29, 0.717) is 5.56 Å². The zero-order valence-electron chi connectivity index (χ0n) is 11.2. The number of carbonyl (C=O) groups is 1. The van der Waals surface area contributed by atoms with Crippen LogP contribution in [0.5, 0.6) is 5.75 Å². The Balaban J connectivity index is 3.04. The molecule has 94 valence electrons. The van der Waals surface area contributed by atoms with Crippen molar-refractivity contribution in [2.75, 3.05) is 7.11 Å². The van der Waals surface area contributed by atoms with Gasteiger partial charge in [-0.1, -0.05) is 13.8 Å². The average Bonchev–Trinajstić information content (AvgIpc) is 2.26. The lowest BCUT2D eigenvalue weighted by Gasteiger charge is -2.37. The maximum absolute atomic E-state index is 12.4. The minimum absolute atomic E-state index is 0.0488. The van der Waals surface area contributed by atoms with Crippen molar-refractivity contribution in [3.05, 3.63) is 29.8 Å².